The zero-order chi connectivity index (χ0) is 15.1. The average Bonchev–Trinajstić information content (AvgIpc) is 2.75. The lowest BCUT2D eigenvalue weighted by atomic mass is 9.94. The number of nitrogens with zero attached hydrogens (tertiary/aromatic N) is 1. The Morgan fingerprint density at radius 3 is 2.15 bits per heavy atom. The van der Waals surface area contributed by atoms with Gasteiger partial charge in [0.1, 0.15) is 0 Å². The van der Waals surface area contributed by atoms with Gasteiger partial charge in [0, 0.05) is 11.1 Å². The molecule has 0 bridgehead atoms. The van der Waals surface area contributed by atoms with Gasteiger partial charge in [0.05, 0.1) is 6.04 Å². The van der Waals surface area contributed by atoms with Gasteiger partial charge in [-0.15, -0.1) is 11.3 Å². The molecule has 1 aromatic heterocycles. The maximum Gasteiger partial charge on any atom is 0.443 e. The largest absolute Gasteiger partial charge is 0.443 e. The van der Waals surface area contributed by atoms with E-state index >= 15 is 0 Å². The fourth-order valence-corrected chi connectivity index (χ4v) is 3.18. The fraction of sp³-hybridized carbons (Fsp3) is 0.357. The minimum Gasteiger partial charge on any atom is -0.320 e. The lowest BCUT2D eigenvalue weighted by Gasteiger charge is -2.17. The van der Waals surface area contributed by atoms with Crippen LogP contribution >= 0.6 is 11.3 Å². The number of rotatable bonds is 2. The number of nitrogens with two attached hydrogens (primary N) is 1. The second kappa shape index (κ2) is 5.18. The second-order valence-corrected chi connectivity index (χ2v) is 5.92. The lowest BCUT2D eigenvalue weighted by Crippen LogP contribution is -2.13. The standard InChI is InChI=1S/C14H15F3N2S/c1-7-4-8(2)11(9(3)5-7)12(18)10-6-19-13(20-10)14(15,16)17/h4-6,12H,18H2,1-3H3. The number of thiazole rings is 1. The Kier molecular flexibility index (Phi) is 3.88. The fourth-order valence-electron chi connectivity index (χ4n) is 2.39. The van der Waals surface area contributed by atoms with E-state index in [0.717, 1.165) is 22.3 Å². The van der Waals surface area contributed by atoms with E-state index in [9.17, 15) is 13.2 Å². The Morgan fingerprint density at radius 1 is 1.15 bits per heavy atom. The summed E-state index contributed by atoms with van der Waals surface area (Å²) in [4.78, 5) is 3.85. The van der Waals surface area contributed by atoms with Crippen molar-refractivity contribution >= 4 is 11.3 Å². The van der Waals surface area contributed by atoms with Crippen LogP contribution < -0.4 is 5.73 Å². The molecule has 0 aliphatic carbocycles. The summed E-state index contributed by atoms with van der Waals surface area (Å²) in [6.07, 6.45) is -3.20. The van der Waals surface area contributed by atoms with Crippen LogP contribution in [0.3, 0.4) is 0 Å². The third-order valence-electron chi connectivity index (χ3n) is 3.12. The molecule has 2 aromatic rings. The molecule has 1 unspecified atom stereocenters. The van der Waals surface area contributed by atoms with Crippen LogP contribution in [0.5, 0.6) is 0 Å². The van der Waals surface area contributed by atoms with Crippen molar-refractivity contribution in [2.24, 2.45) is 5.73 Å². The molecule has 0 spiro atoms. The Balaban J connectivity index is 2.42. The maximum absolute atomic E-state index is 12.6. The van der Waals surface area contributed by atoms with E-state index < -0.39 is 17.2 Å². The van der Waals surface area contributed by atoms with Crippen molar-refractivity contribution in [3.63, 3.8) is 0 Å². The van der Waals surface area contributed by atoms with Crippen LogP contribution in [-0.2, 0) is 6.18 Å². The van der Waals surface area contributed by atoms with Gasteiger partial charge in [-0.05, 0) is 37.5 Å². The quantitative estimate of drug-likeness (QED) is 0.905. The van der Waals surface area contributed by atoms with Gasteiger partial charge in [-0.25, -0.2) is 4.98 Å². The monoisotopic (exact) mass is 300 g/mol. The molecule has 0 radical (unpaired) electrons. The van der Waals surface area contributed by atoms with Gasteiger partial charge in [0.15, 0.2) is 5.01 Å². The molecule has 0 fully saturated rings. The van der Waals surface area contributed by atoms with E-state index in [1.165, 1.54) is 6.20 Å². The first-order valence-electron chi connectivity index (χ1n) is 6.06. The van der Waals surface area contributed by atoms with Gasteiger partial charge < -0.3 is 5.73 Å². The summed E-state index contributed by atoms with van der Waals surface area (Å²) in [5.74, 6) is 0. The van der Waals surface area contributed by atoms with E-state index in [4.69, 9.17) is 5.73 Å². The topological polar surface area (TPSA) is 38.9 Å². The van der Waals surface area contributed by atoms with Crippen molar-refractivity contribution in [3.05, 3.63) is 50.5 Å². The van der Waals surface area contributed by atoms with Crippen LogP contribution in [0.15, 0.2) is 18.3 Å². The highest BCUT2D eigenvalue weighted by Crippen LogP contribution is 2.36. The lowest BCUT2D eigenvalue weighted by molar-refractivity contribution is -0.137. The van der Waals surface area contributed by atoms with E-state index in [1.807, 2.05) is 32.9 Å². The molecule has 6 heteroatoms. The van der Waals surface area contributed by atoms with Gasteiger partial charge in [-0.1, -0.05) is 17.7 Å². The van der Waals surface area contributed by atoms with Crippen molar-refractivity contribution in [1.82, 2.24) is 4.98 Å². The highest BCUT2D eigenvalue weighted by Gasteiger charge is 2.35. The zero-order valence-corrected chi connectivity index (χ0v) is 12.2. The second-order valence-electron chi connectivity index (χ2n) is 4.86. The number of aryl methyl sites for hydroxylation is 3. The Hall–Kier alpha value is -1.40. The Bertz CT molecular complexity index is 609. The summed E-state index contributed by atoms with van der Waals surface area (Å²) in [7, 11) is 0. The van der Waals surface area contributed by atoms with Crippen molar-refractivity contribution in [1.29, 1.82) is 0 Å². The number of halogens is 3. The molecular weight excluding hydrogens is 285 g/mol. The van der Waals surface area contributed by atoms with Gasteiger partial charge in [0.2, 0.25) is 0 Å². The number of hydrogen-bond acceptors (Lipinski definition) is 3. The highest BCUT2D eigenvalue weighted by atomic mass is 32.1. The van der Waals surface area contributed by atoms with E-state index in [0.29, 0.717) is 16.2 Å². The van der Waals surface area contributed by atoms with Gasteiger partial charge in [0.25, 0.3) is 0 Å². The summed E-state index contributed by atoms with van der Waals surface area (Å²) in [6.45, 7) is 5.81. The number of alkyl halides is 3. The van der Waals surface area contributed by atoms with Crippen LogP contribution in [0.25, 0.3) is 0 Å². The van der Waals surface area contributed by atoms with Crippen molar-refractivity contribution in [3.8, 4) is 0 Å². The molecule has 0 aliphatic rings. The summed E-state index contributed by atoms with van der Waals surface area (Å²) in [6, 6.07) is 3.38. The molecule has 2 rings (SSSR count). The Labute approximate surface area is 119 Å². The minimum atomic E-state index is -4.42. The van der Waals surface area contributed by atoms with Gasteiger partial charge >= 0.3 is 6.18 Å². The van der Waals surface area contributed by atoms with Crippen LogP contribution in [0.1, 0.15) is 38.2 Å². The van der Waals surface area contributed by atoms with Crippen LogP contribution in [0, 0.1) is 20.8 Å². The molecule has 0 amide bonds. The number of aromatic nitrogens is 1. The van der Waals surface area contributed by atoms with E-state index in [-0.39, 0.29) is 0 Å². The smallest absolute Gasteiger partial charge is 0.320 e. The van der Waals surface area contributed by atoms with Crippen LogP contribution in [0.2, 0.25) is 0 Å². The molecule has 0 aliphatic heterocycles. The first-order chi connectivity index (χ1) is 9.20. The molecule has 2 nitrogen and oxygen atoms in total. The molecule has 20 heavy (non-hydrogen) atoms. The third-order valence-corrected chi connectivity index (χ3v) is 4.25. The molecule has 0 saturated heterocycles. The molecule has 1 heterocycles. The number of hydrogen-bond donors (Lipinski definition) is 1. The van der Waals surface area contributed by atoms with Crippen LogP contribution in [-0.4, -0.2) is 4.98 Å². The predicted octanol–water partition coefficient (Wildman–Crippen LogP) is 4.14. The first-order valence-corrected chi connectivity index (χ1v) is 6.88. The van der Waals surface area contributed by atoms with E-state index in [2.05, 4.69) is 4.98 Å². The van der Waals surface area contributed by atoms with Crippen LogP contribution in [0.4, 0.5) is 13.2 Å². The summed E-state index contributed by atoms with van der Waals surface area (Å²) in [5, 5.41) is -0.856. The molecule has 108 valence electrons. The minimum absolute atomic E-state index is 0.423. The molecule has 1 aromatic carbocycles. The van der Waals surface area contributed by atoms with Gasteiger partial charge in [-0.2, -0.15) is 13.2 Å². The van der Waals surface area contributed by atoms with Gasteiger partial charge in [-0.3, -0.25) is 0 Å². The molecular formula is C14H15F3N2S. The Morgan fingerprint density at radius 2 is 1.70 bits per heavy atom. The zero-order valence-electron chi connectivity index (χ0n) is 11.4. The molecule has 2 N–H and O–H groups in total. The average molecular weight is 300 g/mol. The SMILES string of the molecule is Cc1cc(C)c(C(N)c2cnc(C(F)(F)F)s2)c(C)c1. The summed E-state index contributed by atoms with van der Waals surface area (Å²) in [5.41, 5.74) is 10.1. The predicted molar refractivity (Wildman–Crippen MR) is 73.8 cm³/mol. The van der Waals surface area contributed by atoms with Crippen molar-refractivity contribution < 1.29 is 13.2 Å². The molecule has 0 saturated carbocycles. The maximum atomic E-state index is 12.6. The van der Waals surface area contributed by atoms with Crippen molar-refractivity contribution in [2.45, 2.75) is 33.0 Å². The summed E-state index contributed by atoms with van der Waals surface area (Å²) >= 11 is 0.603. The highest BCUT2D eigenvalue weighted by molar-refractivity contribution is 7.11. The van der Waals surface area contributed by atoms with E-state index in [1.54, 1.807) is 0 Å². The third kappa shape index (κ3) is 2.86. The first kappa shape index (κ1) is 15.0. The van der Waals surface area contributed by atoms with Crippen molar-refractivity contribution in [2.75, 3.05) is 0 Å². The summed E-state index contributed by atoms with van der Waals surface area (Å²) < 4.78 is 37.8. The normalized spacial score (nSPS) is 13.6. The molecule has 1 atom stereocenters. The number of benzene rings is 1.